The molecule has 0 aliphatic carbocycles. The Bertz CT molecular complexity index is 1000. The first-order valence-corrected chi connectivity index (χ1v) is 9.31. The van der Waals surface area contributed by atoms with Crippen LogP contribution in [-0.2, 0) is 4.79 Å². The average Bonchev–Trinajstić information content (AvgIpc) is 2.76. The van der Waals surface area contributed by atoms with Crippen LogP contribution in [0.4, 0.5) is 0 Å². The van der Waals surface area contributed by atoms with Gasteiger partial charge in [0.15, 0.2) is 6.61 Å². The lowest BCUT2D eigenvalue weighted by molar-refractivity contribution is -0.122. The summed E-state index contributed by atoms with van der Waals surface area (Å²) in [5.41, 5.74) is 0.802. The summed E-state index contributed by atoms with van der Waals surface area (Å²) in [7, 11) is 0. The minimum absolute atomic E-state index is 0.0756. The Morgan fingerprint density at radius 1 is 0.966 bits per heavy atom. The van der Waals surface area contributed by atoms with Crippen molar-refractivity contribution >= 4 is 16.8 Å². The number of carbonyl (C=O) groups is 1. The van der Waals surface area contributed by atoms with Crippen molar-refractivity contribution in [3.8, 4) is 29.1 Å². The van der Waals surface area contributed by atoms with E-state index >= 15 is 0 Å². The molecule has 1 amide bonds. The van der Waals surface area contributed by atoms with Crippen molar-refractivity contribution < 1.29 is 19.0 Å². The Hall–Kier alpha value is -3.72. The van der Waals surface area contributed by atoms with Gasteiger partial charge in [-0.1, -0.05) is 30.0 Å². The van der Waals surface area contributed by atoms with Crippen molar-refractivity contribution in [2.24, 2.45) is 0 Å². The Morgan fingerprint density at radius 2 is 1.72 bits per heavy atom. The molecule has 2 aromatic carbocycles. The van der Waals surface area contributed by atoms with Crippen molar-refractivity contribution in [3.05, 3.63) is 60.8 Å². The van der Waals surface area contributed by atoms with Crippen LogP contribution >= 0.6 is 0 Å². The van der Waals surface area contributed by atoms with Gasteiger partial charge in [0.05, 0.1) is 13.2 Å². The van der Waals surface area contributed by atoms with E-state index in [0.717, 1.165) is 16.7 Å². The summed E-state index contributed by atoms with van der Waals surface area (Å²) in [4.78, 5) is 16.1. The van der Waals surface area contributed by atoms with Gasteiger partial charge in [-0.3, -0.25) is 9.78 Å². The molecule has 3 aromatic rings. The summed E-state index contributed by atoms with van der Waals surface area (Å²) < 4.78 is 16.5. The summed E-state index contributed by atoms with van der Waals surface area (Å²) in [5.74, 6) is 7.54. The second kappa shape index (κ2) is 10.6. The number of aromatic nitrogens is 1. The first kappa shape index (κ1) is 20.0. The molecule has 6 nitrogen and oxygen atoms in total. The van der Waals surface area contributed by atoms with E-state index in [1.165, 1.54) is 0 Å². The van der Waals surface area contributed by atoms with Crippen molar-refractivity contribution in [3.63, 3.8) is 0 Å². The molecule has 0 spiro atoms. The Balaban J connectivity index is 1.37. The van der Waals surface area contributed by atoms with Crippen molar-refractivity contribution in [1.82, 2.24) is 10.3 Å². The summed E-state index contributed by atoms with van der Waals surface area (Å²) in [6.07, 6.45) is 1.73. The zero-order chi connectivity index (χ0) is 20.3. The van der Waals surface area contributed by atoms with Gasteiger partial charge >= 0.3 is 0 Å². The topological polar surface area (TPSA) is 69.7 Å². The number of nitrogens with zero attached hydrogens (tertiary/aromatic N) is 1. The molecule has 6 heteroatoms. The van der Waals surface area contributed by atoms with E-state index in [9.17, 15) is 4.79 Å². The molecule has 0 saturated carbocycles. The van der Waals surface area contributed by atoms with Gasteiger partial charge in [0.2, 0.25) is 0 Å². The highest BCUT2D eigenvalue weighted by molar-refractivity contribution is 5.84. The van der Waals surface area contributed by atoms with Crippen molar-refractivity contribution in [2.75, 3.05) is 26.4 Å². The molecule has 0 saturated heterocycles. The van der Waals surface area contributed by atoms with Gasteiger partial charge in [-0.2, -0.15) is 0 Å². The minimum Gasteiger partial charge on any atom is -0.494 e. The summed E-state index contributed by atoms with van der Waals surface area (Å²) in [6, 6.07) is 16.7. The molecule has 29 heavy (non-hydrogen) atoms. The highest BCUT2D eigenvalue weighted by Crippen LogP contribution is 2.22. The Morgan fingerprint density at radius 3 is 2.52 bits per heavy atom. The fourth-order valence-electron chi connectivity index (χ4n) is 2.56. The summed E-state index contributed by atoms with van der Waals surface area (Å²) in [6.45, 7) is 2.89. The van der Waals surface area contributed by atoms with Crippen LogP contribution in [0.15, 0.2) is 60.8 Å². The first-order chi connectivity index (χ1) is 14.3. The largest absolute Gasteiger partial charge is 0.494 e. The van der Waals surface area contributed by atoms with E-state index in [1.54, 1.807) is 30.5 Å². The van der Waals surface area contributed by atoms with Crippen LogP contribution in [0.25, 0.3) is 10.9 Å². The molecule has 148 valence electrons. The van der Waals surface area contributed by atoms with Gasteiger partial charge in [-0.05, 0) is 43.3 Å². The zero-order valence-corrected chi connectivity index (χ0v) is 16.2. The molecular weight excluding hydrogens is 368 g/mol. The third-order valence-electron chi connectivity index (χ3n) is 3.90. The number of fused-ring (bicyclic) bond motifs is 1. The van der Waals surface area contributed by atoms with E-state index in [0.29, 0.717) is 18.1 Å². The molecule has 3 rings (SSSR count). The number of benzene rings is 2. The standard InChI is InChI=1S/C23H22N2O4/c1-2-27-19-10-12-20(13-11-19)29-17-22(26)24-14-3-4-16-28-21-9-5-7-18-8-6-15-25-23(18)21/h5-13,15H,2,14,16-17H2,1H3,(H,24,26). The maximum absolute atomic E-state index is 11.8. The Kier molecular flexibility index (Phi) is 7.30. The van der Waals surface area contributed by atoms with E-state index in [2.05, 4.69) is 22.1 Å². The molecule has 1 N–H and O–H groups in total. The SMILES string of the molecule is CCOc1ccc(OCC(=O)NCC#CCOc2cccc3cccnc23)cc1. The third-order valence-corrected chi connectivity index (χ3v) is 3.90. The maximum Gasteiger partial charge on any atom is 0.258 e. The van der Waals surface area contributed by atoms with E-state index < -0.39 is 0 Å². The highest BCUT2D eigenvalue weighted by Gasteiger charge is 2.03. The number of para-hydroxylation sites is 1. The summed E-state index contributed by atoms with van der Waals surface area (Å²) >= 11 is 0. The highest BCUT2D eigenvalue weighted by atomic mass is 16.5. The van der Waals surface area contributed by atoms with Crippen LogP contribution in [-0.4, -0.2) is 37.3 Å². The smallest absolute Gasteiger partial charge is 0.258 e. The predicted octanol–water partition coefficient (Wildman–Crippen LogP) is 3.21. The number of hydrogen-bond acceptors (Lipinski definition) is 5. The predicted molar refractivity (Wildman–Crippen MR) is 111 cm³/mol. The number of carbonyl (C=O) groups excluding carboxylic acids is 1. The fourth-order valence-corrected chi connectivity index (χ4v) is 2.56. The second-order valence-electron chi connectivity index (χ2n) is 5.94. The number of hydrogen-bond donors (Lipinski definition) is 1. The molecular formula is C23H22N2O4. The van der Waals surface area contributed by atoms with Crippen LogP contribution in [0.2, 0.25) is 0 Å². The zero-order valence-electron chi connectivity index (χ0n) is 16.2. The number of nitrogens with one attached hydrogen (secondary N) is 1. The van der Waals surface area contributed by atoms with Crippen LogP contribution in [0.5, 0.6) is 17.2 Å². The van der Waals surface area contributed by atoms with Crippen LogP contribution in [0.1, 0.15) is 6.92 Å². The lowest BCUT2D eigenvalue weighted by Crippen LogP contribution is -2.29. The number of rotatable bonds is 8. The second-order valence-corrected chi connectivity index (χ2v) is 5.94. The van der Waals surface area contributed by atoms with E-state index in [4.69, 9.17) is 14.2 Å². The van der Waals surface area contributed by atoms with Gasteiger partial charge < -0.3 is 19.5 Å². The minimum atomic E-state index is -0.243. The fraction of sp³-hybridized carbons (Fsp3) is 0.217. The number of ether oxygens (including phenoxy) is 3. The van der Waals surface area contributed by atoms with Gasteiger partial charge in [-0.15, -0.1) is 0 Å². The molecule has 0 fully saturated rings. The van der Waals surface area contributed by atoms with Crippen LogP contribution < -0.4 is 19.5 Å². The number of pyridine rings is 1. The quantitative estimate of drug-likeness (QED) is 0.598. The lowest BCUT2D eigenvalue weighted by Gasteiger charge is -2.07. The average molecular weight is 390 g/mol. The normalized spacial score (nSPS) is 9.97. The van der Waals surface area contributed by atoms with E-state index in [1.807, 2.05) is 37.3 Å². The first-order valence-electron chi connectivity index (χ1n) is 9.31. The molecule has 0 radical (unpaired) electrons. The summed E-state index contributed by atoms with van der Waals surface area (Å²) in [5, 5.41) is 3.69. The third kappa shape index (κ3) is 6.15. The van der Waals surface area contributed by atoms with Crippen LogP contribution in [0, 0.1) is 11.8 Å². The maximum atomic E-state index is 11.8. The van der Waals surface area contributed by atoms with E-state index in [-0.39, 0.29) is 25.7 Å². The molecule has 0 aliphatic rings. The van der Waals surface area contributed by atoms with Crippen molar-refractivity contribution in [2.45, 2.75) is 6.92 Å². The lowest BCUT2D eigenvalue weighted by atomic mass is 10.2. The van der Waals surface area contributed by atoms with Gasteiger partial charge in [0.1, 0.15) is 29.4 Å². The van der Waals surface area contributed by atoms with Gasteiger partial charge in [-0.25, -0.2) is 0 Å². The van der Waals surface area contributed by atoms with Crippen LogP contribution in [0.3, 0.4) is 0 Å². The molecule has 0 atom stereocenters. The molecule has 0 unspecified atom stereocenters. The van der Waals surface area contributed by atoms with Gasteiger partial charge in [0, 0.05) is 11.6 Å². The van der Waals surface area contributed by atoms with Crippen molar-refractivity contribution in [1.29, 1.82) is 0 Å². The Labute approximate surface area is 169 Å². The number of amides is 1. The molecule has 0 aliphatic heterocycles. The molecule has 1 heterocycles. The monoisotopic (exact) mass is 390 g/mol. The molecule has 0 bridgehead atoms. The van der Waals surface area contributed by atoms with Gasteiger partial charge in [0.25, 0.3) is 5.91 Å². The molecule has 1 aromatic heterocycles.